The summed E-state index contributed by atoms with van der Waals surface area (Å²) >= 11 is 0. The van der Waals surface area contributed by atoms with Crippen molar-refractivity contribution in [2.45, 2.75) is 52.0 Å². The van der Waals surface area contributed by atoms with Gasteiger partial charge in [-0.2, -0.15) is 4.98 Å². The van der Waals surface area contributed by atoms with Gasteiger partial charge in [-0.15, -0.1) is 0 Å². The van der Waals surface area contributed by atoms with E-state index in [-0.39, 0.29) is 5.41 Å². The molecule has 5 nitrogen and oxygen atoms in total. The lowest BCUT2D eigenvalue weighted by Crippen LogP contribution is -2.50. The quantitative estimate of drug-likeness (QED) is 0.767. The number of aromatic nitrogens is 2. The molecule has 5 heteroatoms. The molecule has 0 amide bonds. The van der Waals surface area contributed by atoms with Crippen LogP contribution in [0.4, 0.5) is 0 Å². The summed E-state index contributed by atoms with van der Waals surface area (Å²) in [6.07, 6.45) is 0.665. The van der Waals surface area contributed by atoms with E-state index in [0.29, 0.717) is 31.3 Å². The molecular formula is C12H23N3O2. The second-order valence-corrected chi connectivity index (χ2v) is 5.31. The summed E-state index contributed by atoms with van der Waals surface area (Å²) < 4.78 is 10.5. The smallest absolute Gasteiger partial charge is 0.234 e. The van der Waals surface area contributed by atoms with Crippen molar-refractivity contribution < 1.29 is 9.26 Å². The molecule has 0 fully saturated rings. The lowest BCUT2D eigenvalue weighted by Gasteiger charge is -2.34. The van der Waals surface area contributed by atoms with Gasteiger partial charge in [0, 0.05) is 18.6 Å². The average Bonchev–Trinajstić information content (AvgIpc) is 2.65. The Balaban J connectivity index is 2.74. The maximum Gasteiger partial charge on any atom is 0.234 e. The van der Waals surface area contributed by atoms with Gasteiger partial charge in [-0.3, -0.25) is 0 Å². The molecular weight excluding hydrogens is 218 g/mol. The fourth-order valence-corrected chi connectivity index (χ4v) is 1.19. The van der Waals surface area contributed by atoms with E-state index in [0.717, 1.165) is 0 Å². The fraction of sp³-hybridized carbons (Fsp3) is 0.833. The first-order valence-corrected chi connectivity index (χ1v) is 5.98. The molecule has 0 radical (unpaired) electrons. The summed E-state index contributed by atoms with van der Waals surface area (Å²) in [5.74, 6) is 1.25. The second kappa shape index (κ2) is 5.14. The van der Waals surface area contributed by atoms with Crippen LogP contribution < -0.4 is 5.73 Å². The van der Waals surface area contributed by atoms with Gasteiger partial charge in [-0.1, -0.05) is 5.16 Å². The predicted octanol–water partition coefficient (Wildman–Crippen LogP) is 1.66. The molecule has 0 spiro atoms. The molecule has 0 unspecified atom stereocenters. The van der Waals surface area contributed by atoms with Gasteiger partial charge >= 0.3 is 0 Å². The van der Waals surface area contributed by atoms with E-state index in [1.807, 2.05) is 34.6 Å². The van der Waals surface area contributed by atoms with Crippen molar-refractivity contribution >= 4 is 0 Å². The van der Waals surface area contributed by atoms with E-state index in [2.05, 4.69) is 10.1 Å². The first kappa shape index (κ1) is 14.1. The Kier molecular flexibility index (Phi) is 4.27. The molecule has 1 heterocycles. The molecule has 0 aromatic carbocycles. The maximum atomic E-state index is 6.12. The van der Waals surface area contributed by atoms with E-state index in [4.69, 9.17) is 15.0 Å². The summed E-state index contributed by atoms with van der Waals surface area (Å²) in [6, 6.07) is 0. The van der Waals surface area contributed by atoms with Crippen molar-refractivity contribution in [1.82, 2.24) is 10.1 Å². The second-order valence-electron chi connectivity index (χ2n) is 5.31. The third-order valence-corrected chi connectivity index (χ3v) is 3.29. The van der Waals surface area contributed by atoms with Crippen molar-refractivity contribution in [2.75, 3.05) is 13.2 Å². The molecule has 0 saturated heterocycles. The molecule has 0 bridgehead atoms. The number of ether oxygens (including phenoxy) is 1. The highest BCUT2D eigenvalue weighted by Crippen LogP contribution is 2.31. The Bertz CT molecular complexity index is 353. The minimum Gasteiger partial charge on any atom is -0.381 e. The molecule has 98 valence electrons. The minimum absolute atomic E-state index is 0.357. The lowest BCUT2D eigenvalue weighted by atomic mass is 9.75. The minimum atomic E-state index is -0.420. The van der Waals surface area contributed by atoms with Crippen LogP contribution in [0, 0.1) is 0 Å². The van der Waals surface area contributed by atoms with Gasteiger partial charge in [-0.05, 0) is 34.6 Å². The van der Waals surface area contributed by atoms with Crippen LogP contribution in [-0.4, -0.2) is 28.9 Å². The van der Waals surface area contributed by atoms with E-state index in [9.17, 15) is 0 Å². The molecule has 0 atom stereocenters. The van der Waals surface area contributed by atoms with Gasteiger partial charge < -0.3 is 15.0 Å². The number of rotatable bonds is 6. The summed E-state index contributed by atoms with van der Waals surface area (Å²) in [5, 5.41) is 3.95. The highest BCUT2D eigenvalue weighted by molar-refractivity contribution is 5.10. The van der Waals surface area contributed by atoms with Gasteiger partial charge in [-0.25, -0.2) is 0 Å². The summed E-state index contributed by atoms with van der Waals surface area (Å²) in [5.41, 5.74) is 5.35. The standard InChI is InChI=1S/C12H23N3O2/c1-6-16-8-7-9-14-10(17-15-9)11(2,3)12(4,5)13/h6-8,13H2,1-5H3. The SMILES string of the molecule is CCOCCc1noc(C(C)(C)C(C)(C)N)n1. The Morgan fingerprint density at radius 3 is 2.47 bits per heavy atom. The fourth-order valence-electron chi connectivity index (χ4n) is 1.19. The van der Waals surface area contributed by atoms with Crippen molar-refractivity contribution in [3.63, 3.8) is 0 Å². The Hall–Kier alpha value is -0.940. The number of nitrogens with zero attached hydrogens (tertiary/aromatic N) is 2. The van der Waals surface area contributed by atoms with Crippen LogP contribution in [0.25, 0.3) is 0 Å². The van der Waals surface area contributed by atoms with Gasteiger partial charge in [0.05, 0.1) is 12.0 Å². The molecule has 1 aromatic heterocycles. The van der Waals surface area contributed by atoms with Crippen molar-refractivity contribution in [2.24, 2.45) is 5.73 Å². The first-order valence-electron chi connectivity index (χ1n) is 5.98. The third-order valence-electron chi connectivity index (χ3n) is 3.29. The van der Waals surface area contributed by atoms with Crippen molar-refractivity contribution in [3.8, 4) is 0 Å². The third kappa shape index (κ3) is 3.26. The Morgan fingerprint density at radius 1 is 1.29 bits per heavy atom. The van der Waals surface area contributed by atoms with Crippen LogP contribution in [0.1, 0.15) is 46.3 Å². The summed E-state index contributed by atoms with van der Waals surface area (Å²) in [6.45, 7) is 11.2. The molecule has 0 aliphatic heterocycles. The summed E-state index contributed by atoms with van der Waals surface area (Å²) in [4.78, 5) is 4.38. The molecule has 1 rings (SSSR count). The van der Waals surface area contributed by atoms with Crippen LogP contribution in [0.5, 0.6) is 0 Å². The van der Waals surface area contributed by atoms with Crippen LogP contribution in [-0.2, 0) is 16.6 Å². The van der Waals surface area contributed by atoms with Gasteiger partial charge in [0.2, 0.25) is 5.89 Å². The van der Waals surface area contributed by atoms with E-state index >= 15 is 0 Å². The number of nitrogens with two attached hydrogens (primary N) is 1. The zero-order valence-corrected chi connectivity index (χ0v) is 11.4. The van der Waals surface area contributed by atoms with Crippen LogP contribution >= 0.6 is 0 Å². The Labute approximate surface area is 103 Å². The average molecular weight is 241 g/mol. The molecule has 17 heavy (non-hydrogen) atoms. The van der Waals surface area contributed by atoms with E-state index < -0.39 is 5.54 Å². The monoisotopic (exact) mass is 241 g/mol. The van der Waals surface area contributed by atoms with Crippen LogP contribution in [0.2, 0.25) is 0 Å². The lowest BCUT2D eigenvalue weighted by molar-refractivity contribution is 0.149. The highest BCUT2D eigenvalue weighted by Gasteiger charge is 2.40. The van der Waals surface area contributed by atoms with Crippen LogP contribution in [0.15, 0.2) is 4.52 Å². The van der Waals surface area contributed by atoms with E-state index in [1.165, 1.54) is 0 Å². The van der Waals surface area contributed by atoms with Gasteiger partial charge in [0.1, 0.15) is 0 Å². The molecule has 0 saturated carbocycles. The predicted molar refractivity (Wildman–Crippen MR) is 65.8 cm³/mol. The zero-order chi connectivity index (χ0) is 13.1. The van der Waals surface area contributed by atoms with Gasteiger partial charge in [0.25, 0.3) is 0 Å². The highest BCUT2D eigenvalue weighted by atomic mass is 16.5. The van der Waals surface area contributed by atoms with Gasteiger partial charge in [0.15, 0.2) is 5.82 Å². The van der Waals surface area contributed by atoms with Crippen molar-refractivity contribution in [3.05, 3.63) is 11.7 Å². The molecule has 2 N–H and O–H groups in total. The number of hydrogen-bond donors (Lipinski definition) is 1. The summed E-state index contributed by atoms with van der Waals surface area (Å²) in [7, 11) is 0. The maximum absolute atomic E-state index is 6.12. The first-order chi connectivity index (χ1) is 7.79. The number of hydrogen-bond acceptors (Lipinski definition) is 5. The van der Waals surface area contributed by atoms with Crippen molar-refractivity contribution in [1.29, 1.82) is 0 Å². The van der Waals surface area contributed by atoms with E-state index in [1.54, 1.807) is 0 Å². The molecule has 0 aliphatic carbocycles. The largest absolute Gasteiger partial charge is 0.381 e. The molecule has 1 aromatic rings. The normalized spacial score (nSPS) is 13.1. The zero-order valence-electron chi connectivity index (χ0n) is 11.4. The molecule has 0 aliphatic rings. The topological polar surface area (TPSA) is 74.2 Å². The Morgan fingerprint density at radius 2 is 1.94 bits per heavy atom. The van der Waals surface area contributed by atoms with Crippen LogP contribution in [0.3, 0.4) is 0 Å².